The molecule has 290 valence electrons. The van der Waals surface area contributed by atoms with E-state index in [1.54, 1.807) is 0 Å². The van der Waals surface area contributed by atoms with Crippen LogP contribution < -0.4 is 0 Å². The molecular weight excluding hydrogens is 637 g/mol. The molecule has 0 amide bonds. The van der Waals surface area contributed by atoms with Crippen LogP contribution in [0.5, 0.6) is 0 Å². The molecule has 0 aromatic rings. The van der Waals surface area contributed by atoms with E-state index in [0.717, 1.165) is 44.9 Å². The number of phosphoric acid groups is 1. The van der Waals surface area contributed by atoms with E-state index in [0.29, 0.717) is 24.1 Å². The van der Waals surface area contributed by atoms with Gasteiger partial charge in [-0.05, 0) is 44.9 Å². The van der Waals surface area contributed by atoms with Crippen molar-refractivity contribution in [1.29, 1.82) is 0 Å². The Kier molecular flexibility index (Phi) is 33.4. The van der Waals surface area contributed by atoms with Gasteiger partial charge in [-0.15, -0.1) is 0 Å². The summed E-state index contributed by atoms with van der Waals surface area (Å²) in [4.78, 5) is 22.8. The van der Waals surface area contributed by atoms with Crippen molar-refractivity contribution in [3.63, 3.8) is 0 Å². The number of likely N-dealkylation sites (N-methyl/N-ethyl adjacent to an activating group) is 1. The van der Waals surface area contributed by atoms with Crippen molar-refractivity contribution < 1.29 is 37.3 Å². The number of ether oxygens (including phenoxy) is 2. The summed E-state index contributed by atoms with van der Waals surface area (Å²) in [6, 6.07) is 0. The Labute approximate surface area is 303 Å². The van der Waals surface area contributed by atoms with Crippen LogP contribution in [0.4, 0.5) is 0 Å². The zero-order valence-electron chi connectivity index (χ0n) is 32.7. The minimum Gasteiger partial charge on any atom is -0.457 e. The minimum absolute atomic E-state index is 0.0879. The summed E-state index contributed by atoms with van der Waals surface area (Å²) in [7, 11) is 1.66. The van der Waals surface area contributed by atoms with E-state index in [-0.39, 0.29) is 25.8 Å². The minimum atomic E-state index is -4.27. The molecule has 0 aromatic carbocycles. The third-order valence-electron chi connectivity index (χ3n) is 8.52. The molecule has 8 nitrogen and oxygen atoms in total. The smallest absolute Gasteiger partial charge is 0.457 e. The zero-order chi connectivity index (χ0) is 36.3. The first kappa shape index (κ1) is 48.0. The van der Waals surface area contributed by atoms with E-state index in [1.807, 2.05) is 21.1 Å². The van der Waals surface area contributed by atoms with Crippen LogP contribution in [0.2, 0.25) is 0 Å². The third kappa shape index (κ3) is 38.1. The molecular formula is C40H79NO7P+. The lowest BCUT2D eigenvalue weighted by molar-refractivity contribution is -0.870. The SMILES string of the molecule is CCCCC/C=C\C/C=C\CCCCCCCCOCC(COP(=O)(O)OCC[N+](C)(C)C)OC(=O)CCCCCCCCCCCCC. The van der Waals surface area contributed by atoms with Gasteiger partial charge >= 0.3 is 13.8 Å². The van der Waals surface area contributed by atoms with E-state index >= 15 is 0 Å². The molecule has 0 aliphatic carbocycles. The van der Waals surface area contributed by atoms with Gasteiger partial charge in [-0.1, -0.05) is 141 Å². The molecule has 0 saturated carbocycles. The van der Waals surface area contributed by atoms with Gasteiger partial charge in [0, 0.05) is 13.0 Å². The average molecular weight is 717 g/mol. The first-order valence-corrected chi connectivity index (χ1v) is 21.6. The molecule has 2 atom stereocenters. The second kappa shape index (κ2) is 34.1. The fourth-order valence-corrected chi connectivity index (χ4v) is 6.09. The van der Waals surface area contributed by atoms with Gasteiger partial charge in [0.25, 0.3) is 0 Å². The number of hydrogen-bond acceptors (Lipinski definition) is 6. The van der Waals surface area contributed by atoms with Crippen molar-refractivity contribution in [2.75, 3.05) is 54.1 Å². The fraction of sp³-hybridized carbons (Fsp3) is 0.875. The summed E-state index contributed by atoms with van der Waals surface area (Å²) in [5.41, 5.74) is 0. The highest BCUT2D eigenvalue weighted by Gasteiger charge is 2.26. The van der Waals surface area contributed by atoms with Crippen LogP contribution >= 0.6 is 7.82 Å². The number of quaternary nitrogens is 1. The Hall–Kier alpha value is -1.02. The number of allylic oxidation sites excluding steroid dienone is 4. The molecule has 0 saturated heterocycles. The Balaban J connectivity index is 4.27. The summed E-state index contributed by atoms with van der Waals surface area (Å²) in [6.07, 6.45) is 36.3. The molecule has 2 unspecified atom stereocenters. The standard InChI is InChI=1S/C40H78NO7P/c1-6-8-10-12-14-16-18-19-20-21-22-24-26-28-30-32-35-45-37-39(38-47-49(43,44)46-36-34-41(3,4)5)48-40(42)33-31-29-27-25-23-17-15-13-11-9-7-2/h14,16,19-20,39H,6-13,15,17-18,21-38H2,1-5H3/p+1/b16-14-,20-19-. The third-order valence-corrected chi connectivity index (χ3v) is 9.50. The molecule has 0 spiro atoms. The lowest BCUT2D eigenvalue weighted by atomic mass is 10.1. The maximum atomic E-state index is 12.6. The number of hydrogen-bond donors (Lipinski definition) is 1. The van der Waals surface area contributed by atoms with Gasteiger partial charge in [-0.3, -0.25) is 13.8 Å². The van der Waals surface area contributed by atoms with E-state index in [1.165, 1.54) is 103 Å². The molecule has 49 heavy (non-hydrogen) atoms. The predicted molar refractivity (Wildman–Crippen MR) is 206 cm³/mol. The van der Waals surface area contributed by atoms with Crippen LogP contribution in [0.25, 0.3) is 0 Å². The number of rotatable bonds is 37. The van der Waals surface area contributed by atoms with Crippen LogP contribution in [0.1, 0.15) is 168 Å². The molecule has 0 rings (SSSR count). The van der Waals surface area contributed by atoms with Crippen LogP contribution in [0.15, 0.2) is 24.3 Å². The highest BCUT2D eigenvalue weighted by atomic mass is 31.2. The number of esters is 1. The topological polar surface area (TPSA) is 91.3 Å². The Morgan fingerprint density at radius 3 is 1.69 bits per heavy atom. The zero-order valence-corrected chi connectivity index (χ0v) is 33.6. The second-order valence-electron chi connectivity index (χ2n) is 14.7. The summed E-state index contributed by atoms with van der Waals surface area (Å²) in [5.74, 6) is -0.319. The molecule has 1 N–H and O–H groups in total. The number of nitrogens with zero attached hydrogens (tertiary/aromatic N) is 1. The quantitative estimate of drug-likeness (QED) is 0.0225. The molecule has 9 heteroatoms. The second-order valence-corrected chi connectivity index (χ2v) is 16.1. The maximum Gasteiger partial charge on any atom is 0.472 e. The summed E-state index contributed by atoms with van der Waals surface area (Å²) < 4.78 is 34.9. The number of phosphoric ester groups is 1. The number of carbonyl (C=O) groups is 1. The summed E-state index contributed by atoms with van der Waals surface area (Å²) in [6.45, 7) is 5.57. The molecule has 0 aromatic heterocycles. The van der Waals surface area contributed by atoms with Crippen molar-refractivity contribution >= 4 is 13.8 Å². The summed E-state index contributed by atoms with van der Waals surface area (Å²) in [5, 5.41) is 0. The predicted octanol–water partition coefficient (Wildman–Crippen LogP) is 11.3. The highest BCUT2D eigenvalue weighted by Crippen LogP contribution is 2.43. The van der Waals surface area contributed by atoms with Gasteiger partial charge in [-0.2, -0.15) is 0 Å². The first-order valence-electron chi connectivity index (χ1n) is 20.1. The van der Waals surface area contributed by atoms with E-state index in [2.05, 4.69) is 38.2 Å². The fourth-order valence-electron chi connectivity index (χ4n) is 5.35. The monoisotopic (exact) mass is 717 g/mol. The summed E-state index contributed by atoms with van der Waals surface area (Å²) >= 11 is 0. The Morgan fingerprint density at radius 2 is 1.12 bits per heavy atom. The van der Waals surface area contributed by atoms with E-state index in [4.69, 9.17) is 18.5 Å². The van der Waals surface area contributed by atoms with Crippen molar-refractivity contribution in [1.82, 2.24) is 0 Å². The maximum absolute atomic E-state index is 12.6. The van der Waals surface area contributed by atoms with Gasteiger partial charge in [0.15, 0.2) is 0 Å². The van der Waals surface area contributed by atoms with E-state index < -0.39 is 13.9 Å². The van der Waals surface area contributed by atoms with Crippen LogP contribution in [0, 0.1) is 0 Å². The first-order chi connectivity index (χ1) is 23.6. The average Bonchev–Trinajstić information content (AvgIpc) is 3.04. The van der Waals surface area contributed by atoms with Crippen molar-refractivity contribution in [2.24, 2.45) is 0 Å². The van der Waals surface area contributed by atoms with Crippen LogP contribution in [-0.2, 0) is 27.9 Å². The molecule has 0 aliphatic rings. The molecule has 0 bridgehead atoms. The number of carbonyl (C=O) groups excluding carboxylic acids is 1. The van der Waals surface area contributed by atoms with Gasteiger partial charge in [0.05, 0.1) is 34.4 Å². The van der Waals surface area contributed by atoms with Crippen LogP contribution in [0.3, 0.4) is 0 Å². The lowest BCUT2D eigenvalue weighted by Crippen LogP contribution is -2.37. The molecule has 0 heterocycles. The molecule has 0 aliphatic heterocycles. The van der Waals surface area contributed by atoms with Gasteiger partial charge < -0.3 is 18.9 Å². The molecule has 0 radical (unpaired) electrons. The van der Waals surface area contributed by atoms with Gasteiger partial charge in [0.2, 0.25) is 0 Å². The Morgan fingerprint density at radius 1 is 0.633 bits per heavy atom. The van der Waals surface area contributed by atoms with Gasteiger partial charge in [-0.25, -0.2) is 4.57 Å². The Bertz CT molecular complexity index is 843. The number of unbranched alkanes of at least 4 members (excludes halogenated alkanes) is 19. The highest BCUT2D eigenvalue weighted by molar-refractivity contribution is 7.47. The van der Waals surface area contributed by atoms with Crippen molar-refractivity contribution in [3.8, 4) is 0 Å². The molecule has 0 fully saturated rings. The van der Waals surface area contributed by atoms with Crippen molar-refractivity contribution in [3.05, 3.63) is 24.3 Å². The van der Waals surface area contributed by atoms with E-state index in [9.17, 15) is 14.3 Å². The van der Waals surface area contributed by atoms with Gasteiger partial charge in [0.1, 0.15) is 19.3 Å². The largest absolute Gasteiger partial charge is 0.472 e. The lowest BCUT2D eigenvalue weighted by Gasteiger charge is -2.24. The van der Waals surface area contributed by atoms with Crippen molar-refractivity contribution in [2.45, 2.75) is 174 Å². The normalized spacial score (nSPS) is 14.2. The van der Waals surface area contributed by atoms with Crippen LogP contribution in [-0.4, -0.2) is 75.6 Å².